The van der Waals surface area contributed by atoms with E-state index < -0.39 is 0 Å². The van der Waals surface area contributed by atoms with Crippen LogP contribution in [0.5, 0.6) is 11.8 Å². The highest BCUT2D eigenvalue weighted by atomic mass is 16.5. The molecule has 0 radical (unpaired) electrons. The van der Waals surface area contributed by atoms with Crippen molar-refractivity contribution in [1.82, 2.24) is 34.3 Å². The van der Waals surface area contributed by atoms with Crippen molar-refractivity contribution in [1.29, 1.82) is 0 Å². The monoisotopic (exact) mass is 447 g/mol. The summed E-state index contributed by atoms with van der Waals surface area (Å²) in [5.74, 6) is 2.09. The molecular weight excluding hydrogens is 430 g/mol. The summed E-state index contributed by atoms with van der Waals surface area (Å²) in [5, 5.41) is 9.46. The maximum Gasteiger partial charge on any atom is 0.230 e. The number of hydrogen-bond donors (Lipinski definition) is 0. The van der Waals surface area contributed by atoms with Crippen molar-refractivity contribution in [2.24, 2.45) is 0 Å². The topological polar surface area (TPSA) is 96.2 Å². The van der Waals surface area contributed by atoms with Crippen LogP contribution in [0.1, 0.15) is 28.5 Å². The van der Waals surface area contributed by atoms with Gasteiger partial charge in [0.2, 0.25) is 11.8 Å². The van der Waals surface area contributed by atoms with Crippen LogP contribution in [-0.2, 0) is 0 Å². The van der Waals surface area contributed by atoms with Gasteiger partial charge in [-0.05, 0) is 43.3 Å². The molecule has 6 heterocycles. The maximum absolute atomic E-state index is 6.39. The summed E-state index contributed by atoms with van der Waals surface area (Å²) >= 11 is 0. The molecule has 1 aliphatic heterocycles. The lowest BCUT2D eigenvalue weighted by atomic mass is 9.88. The Kier molecular flexibility index (Phi) is 3.92. The van der Waals surface area contributed by atoms with Crippen LogP contribution >= 0.6 is 0 Å². The predicted molar refractivity (Wildman–Crippen MR) is 122 cm³/mol. The Morgan fingerprint density at radius 2 is 1.76 bits per heavy atom. The Labute approximate surface area is 193 Å². The zero-order valence-corrected chi connectivity index (χ0v) is 18.0. The Bertz CT molecular complexity index is 1640. The summed E-state index contributed by atoms with van der Waals surface area (Å²) in [7, 11) is 0. The first-order valence-electron chi connectivity index (χ1n) is 10.8. The zero-order chi connectivity index (χ0) is 22.6. The lowest BCUT2D eigenvalue weighted by Crippen LogP contribution is -2.15. The number of fused-ring (bicyclic) bond motifs is 4. The van der Waals surface area contributed by atoms with E-state index in [2.05, 4.69) is 15.1 Å². The second-order valence-electron chi connectivity index (χ2n) is 8.00. The maximum atomic E-state index is 6.39. The molecule has 1 atom stereocenters. The van der Waals surface area contributed by atoms with Gasteiger partial charge in [0.15, 0.2) is 11.5 Å². The quantitative estimate of drug-likeness (QED) is 0.392. The van der Waals surface area contributed by atoms with Crippen LogP contribution in [0, 0.1) is 6.92 Å². The number of nitrogens with zero attached hydrogens (tertiary/aromatic N) is 7. The predicted octanol–water partition coefficient (Wildman–Crippen LogP) is 4.56. The van der Waals surface area contributed by atoms with Gasteiger partial charge in [-0.3, -0.25) is 4.98 Å². The molecule has 1 aromatic carbocycles. The van der Waals surface area contributed by atoms with Crippen molar-refractivity contribution in [3.8, 4) is 28.8 Å². The Hall–Kier alpha value is -4.79. The van der Waals surface area contributed by atoms with Crippen molar-refractivity contribution in [2.45, 2.75) is 12.8 Å². The minimum atomic E-state index is -0.308. The third-order valence-corrected chi connectivity index (χ3v) is 5.99. The van der Waals surface area contributed by atoms with Gasteiger partial charge in [-0.1, -0.05) is 18.2 Å². The number of aryl methyl sites for hydroxylation is 1. The van der Waals surface area contributed by atoms with Crippen LogP contribution in [0.15, 0.2) is 84.0 Å². The van der Waals surface area contributed by atoms with Gasteiger partial charge >= 0.3 is 0 Å². The lowest BCUT2D eigenvalue weighted by molar-refractivity contribution is 0.392. The second kappa shape index (κ2) is 7.11. The molecule has 9 heteroatoms. The van der Waals surface area contributed by atoms with Gasteiger partial charge in [-0.15, -0.1) is 5.10 Å². The van der Waals surface area contributed by atoms with E-state index >= 15 is 0 Å². The molecule has 0 spiro atoms. The number of para-hydroxylation sites is 1. The standard InChI is InChI=1S/C25H17N7O2/c1-15-19-20(18-8-5-13-33-18)21-23-28-22(16-9-11-26-12-10-16)30-31(23)14-27-24(21)34-25(19)32(29-15)17-6-3-2-4-7-17/h2-14,20H,1H3. The smallest absolute Gasteiger partial charge is 0.230 e. The number of pyridine rings is 1. The average Bonchev–Trinajstić information content (AvgIpc) is 3.63. The van der Waals surface area contributed by atoms with E-state index in [4.69, 9.17) is 19.2 Å². The summed E-state index contributed by atoms with van der Waals surface area (Å²) in [6, 6.07) is 17.5. The number of rotatable bonds is 3. The molecule has 6 aromatic rings. The van der Waals surface area contributed by atoms with Gasteiger partial charge in [0.1, 0.15) is 12.1 Å². The molecule has 34 heavy (non-hydrogen) atoms. The minimum Gasteiger partial charge on any atom is -0.468 e. The third-order valence-electron chi connectivity index (χ3n) is 5.99. The van der Waals surface area contributed by atoms with Crippen molar-refractivity contribution < 1.29 is 9.15 Å². The van der Waals surface area contributed by atoms with E-state index in [1.807, 2.05) is 66.2 Å². The SMILES string of the molecule is Cc1nn(-c2ccccc2)c2c1C(c1ccco1)c1c(ncn3nc(-c4ccncc4)nc13)O2. The van der Waals surface area contributed by atoms with Gasteiger partial charge in [0, 0.05) is 18.0 Å². The van der Waals surface area contributed by atoms with Gasteiger partial charge in [0.05, 0.1) is 34.7 Å². The number of ether oxygens (including phenoxy) is 1. The fourth-order valence-electron chi connectivity index (χ4n) is 4.49. The number of aromatic nitrogens is 7. The highest BCUT2D eigenvalue weighted by Gasteiger charge is 2.39. The number of hydrogen-bond acceptors (Lipinski definition) is 7. The molecule has 7 rings (SSSR count). The Morgan fingerprint density at radius 1 is 0.912 bits per heavy atom. The highest BCUT2D eigenvalue weighted by molar-refractivity contribution is 5.68. The summed E-state index contributed by atoms with van der Waals surface area (Å²) in [4.78, 5) is 13.5. The van der Waals surface area contributed by atoms with Crippen LogP contribution in [0.2, 0.25) is 0 Å². The first kappa shape index (κ1) is 18.8. The number of benzene rings is 1. The Morgan fingerprint density at radius 3 is 2.56 bits per heavy atom. The van der Waals surface area contributed by atoms with Gasteiger partial charge < -0.3 is 9.15 Å². The van der Waals surface area contributed by atoms with Crippen molar-refractivity contribution >= 4 is 5.65 Å². The molecule has 0 aliphatic carbocycles. The second-order valence-corrected chi connectivity index (χ2v) is 8.00. The summed E-state index contributed by atoms with van der Waals surface area (Å²) < 4.78 is 15.8. The number of furan rings is 1. The first-order valence-corrected chi connectivity index (χ1v) is 10.8. The largest absolute Gasteiger partial charge is 0.468 e. The van der Waals surface area contributed by atoms with Crippen molar-refractivity contribution in [2.75, 3.05) is 0 Å². The van der Waals surface area contributed by atoms with Crippen LogP contribution in [0.3, 0.4) is 0 Å². The van der Waals surface area contributed by atoms with Gasteiger partial charge in [-0.25, -0.2) is 19.2 Å². The summed E-state index contributed by atoms with van der Waals surface area (Å²) in [6.45, 7) is 1.97. The van der Waals surface area contributed by atoms with E-state index in [0.717, 1.165) is 33.8 Å². The highest BCUT2D eigenvalue weighted by Crippen LogP contribution is 2.49. The molecule has 0 saturated carbocycles. The molecule has 1 unspecified atom stereocenters. The minimum absolute atomic E-state index is 0.308. The zero-order valence-electron chi connectivity index (χ0n) is 18.0. The molecular formula is C25H17N7O2. The third kappa shape index (κ3) is 2.70. The average molecular weight is 447 g/mol. The van der Waals surface area contributed by atoms with Crippen LogP contribution in [0.4, 0.5) is 0 Å². The molecule has 1 aliphatic rings. The molecule has 0 N–H and O–H groups in total. The van der Waals surface area contributed by atoms with E-state index in [-0.39, 0.29) is 5.92 Å². The Balaban J connectivity index is 1.49. The van der Waals surface area contributed by atoms with Crippen LogP contribution in [-0.4, -0.2) is 34.3 Å². The fourth-order valence-corrected chi connectivity index (χ4v) is 4.49. The molecule has 5 aromatic heterocycles. The summed E-state index contributed by atoms with van der Waals surface area (Å²) in [5.41, 5.74) is 4.95. The normalized spacial score (nSPS) is 14.6. The molecule has 9 nitrogen and oxygen atoms in total. The lowest BCUT2D eigenvalue weighted by Gasteiger charge is -2.24. The van der Waals surface area contributed by atoms with E-state index in [1.54, 1.807) is 29.5 Å². The van der Waals surface area contributed by atoms with E-state index in [0.29, 0.717) is 23.2 Å². The van der Waals surface area contributed by atoms with Crippen LogP contribution in [0.25, 0.3) is 22.7 Å². The van der Waals surface area contributed by atoms with E-state index in [9.17, 15) is 0 Å². The van der Waals surface area contributed by atoms with Gasteiger partial charge in [-0.2, -0.15) is 5.10 Å². The van der Waals surface area contributed by atoms with Crippen molar-refractivity contribution in [3.63, 3.8) is 0 Å². The van der Waals surface area contributed by atoms with E-state index in [1.165, 1.54) is 0 Å². The molecule has 164 valence electrons. The first-order chi connectivity index (χ1) is 16.8. The van der Waals surface area contributed by atoms with Crippen LogP contribution < -0.4 is 4.74 Å². The van der Waals surface area contributed by atoms with Crippen molar-refractivity contribution in [3.05, 3.63) is 102 Å². The molecule has 0 bridgehead atoms. The molecule has 0 saturated heterocycles. The summed E-state index contributed by atoms with van der Waals surface area (Å²) in [6.07, 6.45) is 6.72. The fraction of sp³-hybridized carbons (Fsp3) is 0.0800. The molecule has 0 fully saturated rings. The molecule has 0 amide bonds. The van der Waals surface area contributed by atoms with Gasteiger partial charge in [0.25, 0.3) is 0 Å².